The van der Waals surface area contributed by atoms with Crippen molar-refractivity contribution in [3.05, 3.63) is 12.4 Å². The molecular weight excluding hydrogens is 187 g/mol. The standard InChI is InChI=1S/C9H11O3P/c1-4-7-9-12-13(10,6-3)11-8-5-2/h1-2,6H,3,7-9H2. The number of hydrogen-bond acceptors (Lipinski definition) is 3. The van der Waals surface area contributed by atoms with Crippen LogP contribution in [0.15, 0.2) is 12.4 Å². The van der Waals surface area contributed by atoms with Crippen LogP contribution in [0.3, 0.4) is 0 Å². The van der Waals surface area contributed by atoms with Crippen LogP contribution in [0, 0.1) is 24.7 Å². The molecule has 0 rings (SSSR count). The normalized spacial score (nSPS) is 13.7. The molecule has 0 radical (unpaired) electrons. The van der Waals surface area contributed by atoms with Crippen LogP contribution >= 0.6 is 7.60 Å². The van der Waals surface area contributed by atoms with Crippen molar-refractivity contribution >= 4 is 7.60 Å². The predicted molar refractivity (Wildman–Crippen MR) is 52.0 cm³/mol. The Kier molecular flexibility index (Phi) is 6.02. The zero-order chi connectivity index (χ0) is 10.2. The highest BCUT2D eigenvalue weighted by atomic mass is 31.2. The summed E-state index contributed by atoms with van der Waals surface area (Å²) >= 11 is 0. The first-order chi connectivity index (χ1) is 6.18. The van der Waals surface area contributed by atoms with Crippen LogP contribution in [0.2, 0.25) is 0 Å². The predicted octanol–water partition coefficient (Wildman–Crippen LogP) is 2.01. The van der Waals surface area contributed by atoms with Crippen molar-refractivity contribution in [3.8, 4) is 24.7 Å². The van der Waals surface area contributed by atoms with Crippen molar-refractivity contribution in [2.75, 3.05) is 13.2 Å². The van der Waals surface area contributed by atoms with Crippen molar-refractivity contribution < 1.29 is 13.6 Å². The first-order valence-electron chi connectivity index (χ1n) is 3.58. The average Bonchev–Trinajstić information content (AvgIpc) is 2.15. The maximum absolute atomic E-state index is 11.5. The summed E-state index contributed by atoms with van der Waals surface area (Å²) in [6.45, 7) is 3.43. The molecule has 0 amide bonds. The Morgan fingerprint density at radius 2 is 2.08 bits per heavy atom. The van der Waals surface area contributed by atoms with E-state index in [2.05, 4.69) is 18.4 Å². The molecule has 0 aliphatic rings. The lowest BCUT2D eigenvalue weighted by Gasteiger charge is -2.11. The fraction of sp³-hybridized carbons (Fsp3) is 0.333. The molecule has 0 aromatic carbocycles. The molecule has 70 valence electrons. The van der Waals surface area contributed by atoms with Gasteiger partial charge in [0.15, 0.2) is 0 Å². The van der Waals surface area contributed by atoms with Gasteiger partial charge in [0.2, 0.25) is 0 Å². The van der Waals surface area contributed by atoms with E-state index in [1.54, 1.807) is 0 Å². The van der Waals surface area contributed by atoms with E-state index in [0.717, 1.165) is 5.82 Å². The molecule has 0 fully saturated rings. The summed E-state index contributed by atoms with van der Waals surface area (Å²) in [6, 6.07) is 0. The summed E-state index contributed by atoms with van der Waals surface area (Å²) in [5, 5.41) is 0. The van der Waals surface area contributed by atoms with Gasteiger partial charge in [0.05, 0.1) is 6.61 Å². The zero-order valence-corrected chi connectivity index (χ0v) is 8.13. The lowest BCUT2D eigenvalue weighted by Crippen LogP contribution is -1.95. The lowest BCUT2D eigenvalue weighted by atomic mass is 10.5. The summed E-state index contributed by atoms with van der Waals surface area (Å²) in [4.78, 5) is 0. The van der Waals surface area contributed by atoms with Crippen LogP contribution in [0.1, 0.15) is 6.42 Å². The van der Waals surface area contributed by atoms with Gasteiger partial charge in [-0.05, 0) is 0 Å². The Morgan fingerprint density at radius 3 is 2.54 bits per heavy atom. The molecule has 4 heteroatoms. The third-order valence-corrected chi connectivity index (χ3v) is 2.55. The van der Waals surface area contributed by atoms with Gasteiger partial charge >= 0.3 is 7.60 Å². The minimum Gasteiger partial charge on any atom is -0.305 e. The minimum atomic E-state index is -3.22. The van der Waals surface area contributed by atoms with Crippen molar-refractivity contribution in [1.29, 1.82) is 0 Å². The second kappa shape index (κ2) is 6.52. The molecule has 0 aromatic rings. The van der Waals surface area contributed by atoms with E-state index in [4.69, 9.17) is 21.9 Å². The van der Waals surface area contributed by atoms with Gasteiger partial charge in [0, 0.05) is 12.2 Å². The molecule has 0 aromatic heterocycles. The van der Waals surface area contributed by atoms with Gasteiger partial charge < -0.3 is 4.52 Å². The highest BCUT2D eigenvalue weighted by Crippen LogP contribution is 2.48. The Hall–Kier alpha value is -0.990. The Balaban J connectivity index is 4.00. The molecule has 0 N–H and O–H groups in total. The molecule has 0 aliphatic carbocycles. The van der Waals surface area contributed by atoms with Crippen LogP contribution in [0.5, 0.6) is 0 Å². The third kappa shape index (κ3) is 5.28. The van der Waals surface area contributed by atoms with Crippen LogP contribution in [0.4, 0.5) is 0 Å². The Morgan fingerprint density at radius 1 is 1.38 bits per heavy atom. The first kappa shape index (κ1) is 12.0. The van der Waals surface area contributed by atoms with E-state index in [1.165, 1.54) is 0 Å². The van der Waals surface area contributed by atoms with E-state index in [1.807, 2.05) is 0 Å². The van der Waals surface area contributed by atoms with Gasteiger partial charge in [-0.2, -0.15) is 0 Å². The third-order valence-electron chi connectivity index (χ3n) is 1.07. The summed E-state index contributed by atoms with van der Waals surface area (Å²) in [5.41, 5.74) is 0. The van der Waals surface area contributed by atoms with Crippen molar-refractivity contribution in [2.45, 2.75) is 6.42 Å². The molecule has 0 bridgehead atoms. The maximum atomic E-state index is 11.5. The highest BCUT2D eigenvalue weighted by molar-refractivity contribution is 7.57. The second-order valence-electron chi connectivity index (χ2n) is 1.99. The summed E-state index contributed by atoms with van der Waals surface area (Å²) < 4.78 is 21.2. The van der Waals surface area contributed by atoms with E-state index in [0.29, 0.717) is 6.42 Å². The molecule has 0 aliphatic heterocycles. The van der Waals surface area contributed by atoms with Crippen molar-refractivity contribution in [1.82, 2.24) is 0 Å². The van der Waals surface area contributed by atoms with Crippen LogP contribution in [-0.2, 0) is 13.6 Å². The van der Waals surface area contributed by atoms with Gasteiger partial charge in [-0.1, -0.05) is 12.5 Å². The van der Waals surface area contributed by atoms with Gasteiger partial charge in [-0.25, -0.2) is 0 Å². The van der Waals surface area contributed by atoms with Crippen LogP contribution in [0.25, 0.3) is 0 Å². The highest BCUT2D eigenvalue weighted by Gasteiger charge is 2.18. The summed E-state index contributed by atoms with van der Waals surface area (Å²) in [6.07, 6.45) is 10.3. The number of terminal acetylenes is 2. The monoisotopic (exact) mass is 198 g/mol. The van der Waals surface area contributed by atoms with E-state index >= 15 is 0 Å². The van der Waals surface area contributed by atoms with Crippen molar-refractivity contribution in [3.63, 3.8) is 0 Å². The second-order valence-corrected chi connectivity index (χ2v) is 3.95. The van der Waals surface area contributed by atoms with Gasteiger partial charge in [-0.15, -0.1) is 18.8 Å². The summed E-state index contributed by atoms with van der Waals surface area (Å²) in [7, 11) is -3.22. The smallest absolute Gasteiger partial charge is 0.305 e. The zero-order valence-electron chi connectivity index (χ0n) is 7.23. The SMILES string of the molecule is C#CCCOP(=O)(C=C)OCC#C. The van der Waals surface area contributed by atoms with Gasteiger partial charge in [0.1, 0.15) is 6.61 Å². The maximum Gasteiger partial charge on any atom is 0.354 e. The molecule has 0 spiro atoms. The molecule has 1 unspecified atom stereocenters. The van der Waals surface area contributed by atoms with E-state index in [9.17, 15) is 4.57 Å². The quantitative estimate of drug-likeness (QED) is 0.372. The van der Waals surface area contributed by atoms with Gasteiger partial charge in [0.25, 0.3) is 0 Å². The number of hydrogen-bond donors (Lipinski definition) is 0. The largest absolute Gasteiger partial charge is 0.354 e. The van der Waals surface area contributed by atoms with E-state index < -0.39 is 7.60 Å². The van der Waals surface area contributed by atoms with E-state index in [-0.39, 0.29) is 13.2 Å². The summed E-state index contributed by atoms with van der Waals surface area (Å²) in [5.74, 6) is 5.64. The fourth-order valence-electron chi connectivity index (χ4n) is 0.502. The molecule has 1 atom stereocenters. The molecule has 3 nitrogen and oxygen atoms in total. The topological polar surface area (TPSA) is 35.5 Å². The molecule has 0 saturated carbocycles. The Labute approximate surface area is 78.7 Å². The minimum absolute atomic E-state index is 0.0701. The van der Waals surface area contributed by atoms with Crippen molar-refractivity contribution in [2.24, 2.45) is 0 Å². The fourth-order valence-corrected chi connectivity index (χ4v) is 1.39. The molecule has 0 heterocycles. The molecular formula is C9H11O3P. The molecule has 13 heavy (non-hydrogen) atoms. The average molecular weight is 198 g/mol. The first-order valence-corrected chi connectivity index (χ1v) is 5.19. The Bertz CT molecular complexity index is 282. The van der Waals surface area contributed by atoms with Crippen LogP contribution < -0.4 is 0 Å². The number of rotatable bonds is 6. The van der Waals surface area contributed by atoms with Crippen LogP contribution in [-0.4, -0.2) is 13.2 Å². The molecule has 0 saturated heterocycles. The lowest BCUT2D eigenvalue weighted by molar-refractivity contribution is 0.234. The van der Waals surface area contributed by atoms with Gasteiger partial charge in [-0.3, -0.25) is 9.09 Å².